The number of piperidine rings is 1. The molecule has 1 fully saturated rings. The van der Waals surface area contributed by atoms with Crippen LogP contribution in [0.25, 0.3) is 20.5 Å². The second kappa shape index (κ2) is 10.1. The van der Waals surface area contributed by atoms with Gasteiger partial charge in [-0.3, -0.25) is 4.79 Å². The largest absolute Gasteiger partial charge is 0.508 e. The zero-order chi connectivity index (χ0) is 23.5. The maximum Gasteiger partial charge on any atom is 0.195 e. The zero-order valence-corrected chi connectivity index (χ0v) is 20.5. The zero-order valence-electron chi connectivity index (χ0n) is 19.7. The number of hydrogen-bond donors (Lipinski definition) is 1. The number of aromatic hydroxyl groups is 1. The number of carbonyl (C=O) groups is 1. The molecule has 4 aromatic rings. The van der Waals surface area contributed by atoms with Crippen molar-refractivity contribution in [2.24, 2.45) is 0 Å². The number of rotatable bonds is 7. The number of ketones is 1. The molecule has 0 bridgehead atoms. The lowest BCUT2D eigenvalue weighted by Crippen LogP contribution is -2.30. The van der Waals surface area contributed by atoms with Crippen molar-refractivity contribution in [1.82, 2.24) is 4.90 Å². The molecule has 2 heterocycles. The molecule has 1 aromatic heterocycles. The van der Waals surface area contributed by atoms with Gasteiger partial charge in [-0.2, -0.15) is 0 Å². The maximum atomic E-state index is 13.7. The molecular weight excluding hydrogens is 438 g/mol. The van der Waals surface area contributed by atoms with Crippen LogP contribution in [0.3, 0.4) is 0 Å². The number of nitrogens with zero attached hydrogens (tertiary/aromatic N) is 1. The number of phenols is 1. The highest BCUT2D eigenvalue weighted by Crippen LogP contribution is 2.41. The molecule has 0 unspecified atom stereocenters. The van der Waals surface area contributed by atoms with Crippen molar-refractivity contribution in [3.8, 4) is 16.2 Å². The Morgan fingerprint density at radius 3 is 2.41 bits per heavy atom. The second-order valence-electron chi connectivity index (χ2n) is 9.38. The summed E-state index contributed by atoms with van der Waals surface area (Å²) in [7, 11) is 0. The number of benzene rings is 3. The van der Waals surface area contributed by atoms with Gasteiger partial charge >= 0.3 is 0 Å². The molecule has 4 heteroatoms. The summed E-state index contributed by atoms with van der Waals surface area (Å²) < 4.78 is 0.924. The standard InChI is InChI=1S/C30H31NO2S/c1-21-7-11-24(12-8-21)30-28(26-16-15-25(32)20-27(26)34-30)29(33)23-13-9-22(10-14-23)6-5-19-31-17-3-2-4-18-31/h7-16,20,32H,2-6,17-19H2,1H3. The molecule has 0 saturated carbocycles. The molecule has 1 aliphatic heterocycles. The summed E-state index contributed by atoms with van der Waals surface area (Å²) in [5, 5.41) is 10.9. The van der Waals surface area contributed by atoms with Gasteiger partial charge in [0.2, 0.25) is 0 Å². The number of aryl methyl sites for hydroxylation is 2. The summed E-state index contributed by atoms with van der Waals surface area (Å²) in [5.74, 6) is 0.254. The van der Waals surface area contributed by atoms with Crippen LogP contribution in [0.2, 0.25) is 0 Å². The lowest BCUT2D eigenvalue weighted by molar-refractivity contribution is 0.104. The van der Waals surface area contributed by atoms with Crippen molar-refractivity contribution in [2.45, 2.75) is 39.0 Å². The number of likely N-dealkylation sites (tertiary alicyclic amines) is 1. The van der Waals surface area contributed by atoms with E-state index in [4.69, 9.17) is 0 Å². The van der Waals surface area contributed by atoms with Gasteiger partial charge in [-0.15, -0.1) is 11.3 Å². The van der Waals surface area contributed by atoms with E-state index in [1.165, 1.54) is 43.5 Å². The van der Waals surface area contributed by atoms with E-state index in [0.717, 1.165) is 45.5 Å². The highest BCUT2D eigenvalue weighted by molar-refractivity contribution is 7.22. The molecule has 34 heavy (non-hydrogen) atoms. The Morgan fingerprint density at radius 2 is 1.68 bits per heavy atom. The van der Waals surface area contributed by atoms with Crippen molar-refractivity contribution in [3.05, 3.63) is 89.0 Å². The number of phenolic OH excluding ortho intramolecular Hbond substituents is 1. The Kier molecular flexibility index (Phi) is 6.80. The second-order valence-corrected chi connectivity index (χ2v) is 10.4. The minimum absolute atomic E-state index is 0.0346. The van der Waals surface area contributed by atoms with Crippen LogP contribution in [0, 0.1) is 6.92 Å². The summed E-state index contributed by atoms with van der Waals surface area (Å²) >= 11 is 1.56. The average molecular weight is 470 g/mol. The van der Waals surface area contributed by atoms with Crippen LogP contribution < -0.4 is 0 Å². The Bertz CT molecular complexity index is 1280. The first-order chi connectivity index (χ1) is 16.6. The third-order valence-corrected chi connectivity index (χ3v) is 8.02. The summed E-state index contributed by atoms with van der Waals surface area (Å²) in [4.78, 5) is 17.3. The predicted octanol–water partition coefficient (Wildman–Crippen LogP) is 7.23. The van der Waals surface area contributed by atoms with Gasteiger partial charge in [0.25, 0.3) is 0 Å². The summed E-state index contributed by atoms with van der Waals surface area (Å²) in [6.07, 6.45) is 6.23. The SMILES string of the molecule is Cc1ccc(-c2sc3cc(O)ccc3c2C(=O)c2ccc(CCCN3CCCCC3)cc2)cc1. The monoisotopic (exact) mass is 469 g/mol. The predicted molar refractivity (Wildman–Crippen MR) is 142 cm³/mol. The van der Waals surface area contributed by atoms with Gasteiger partial charge < -0.3 is 10.0 Å². The van der Waals surface area contributed by atoms with E-state index in [1.54, 1.807) is 23.5 Å². The first-order valence-electron chi connectivity index (χ1n) is 12.3. The minimum Gasteiger partial charge on any atom is -0.508 e. The Balaban J connectivity index is 1.39. The average Bonchev–Trinajstić information content (AvgIpc) is 3.23. The molecule has 0 amide bonds. The van der Waals surface area contributed by atoms with E-state index in [-0.39, 0.29) is 11.5 Å². The molecule has 5 rings (SSSR count). The maximum absolute atomic E-state index is 13.7. The van der Waals surface area contributed by atoms with Gasteiger partial charge in [-0.25, -0.2) is 0 Å². The van der Waals surface area contributed by atoms with Crippen molar-refractivity contribution in [1.29, 1.82) is 0 Å². The fraction of sp³-hybridized carbons (Fsp3) is 0.300. The number of thiophene rings is 1. The van der Waals surface area contributed by atoms with Crippen LogP contribution in [0.5, 0.6) is 5.75 Å². The van der Waals surface area contributed by atoms with Gasteiger partial charge in [0.1, 0.15) is 5.75 Å². The Labute approximate surface area is 205 Å². The van der Waals surface area contributed by atoms with Crippen molar-refractivity contribution in [3.63, 3.8) is 0 Å². The third kappa shape index (κ3) is 4.94. The van der Waals surface area contributed by atoms with Gasteiger partial charge in [-0.1, -0.05) is 60.5 Å². The fourth-order valence-corrected chi connectivity index (χ4v) is 6.11. The van der Waals surface area contributed by atoms with E-state index < -0.39 is 0 Å². The van der Waals surface area contributed by atoms with E-state index in [0.29, 0.717) is 5.56 Å². The molecule has 0 spiro atoms. The summed E-state index contributed by atoms with van der Waals surface area (Å²) in [6.45, 7) is 5.70. The molecule has 0 aliphatic carbocycles. The molecule has 1 saturated heterocycles. The highest BCUT2D eigenvalue weighted by Gasteiger charge is 2.22. The number of carbonyl (C=O) groups excluding carboxylic acids is 1. The van der Waals surface area contributed by atoms with Crippen LogP contribution in [0.15, 0.2) is 66.7 Å². The number of fused-ring (bicyclic) bond motifs is 1. The first kappa shape index (κ1) is 22.8. The molecule has 3 aromatic carbocycles. The van der Waals surface area contributed by atoms with E-state index in [1.807, 2.05) is 18.2 Å². The quantitative estimate of drug-likeness (QED) is 0.290. The van der Waals surface area contributed by atoms with Crippen LogP contribution in [-0.2, 0) is 6.42 Å². The molecule has 1 aliphatic rings. The minimum atomic E-state index is 0.0346. The molecule has 0 atom stereocenters. The Morgan fingerprint density at radius 1 is 0.941 bits per heavy atom. The summed E-state index contributed by atoms with van der Waals surface area (Å²) in [6, 6.07) is 21.7. The molecular formula is C30H31NO2S. The van der Waals surface area contributed by atoms with Crippen LogP contribution in [0.4, 0.5) is 0 Å². The van der Waals surface area contributed by atoms with Crippen LogP contribution in [-0.4, -0.2) is 35.4 Å². The normalized spacial score (nSPS) is 14.5. The molecule has 174 valence electrons. The number of hydrogen-bond acceptors (Lipinski definition) is 4. The smallest absolute Gasteiger partial charge is 0.195 e. The van der Waals surface area contributed by atoms with Gasteiger partial charge in [-0.05, 0) is 81.6 Å². The van der Waals surface area contributed by atoms with Crippen molar-refractivity contribution < 1.29 is 9.90 Å². The first-order valence-corrected chi connectivity index (χ1v) is 13.1. The van der Waals surface area contributed by atoms with Gasteiger partial charge in [0, 0.05) is 26.1 Å². The van der Waals surface area contributed by atoms with Crippen LogP contribution >= 0.6 is 11.3 Å². The molecule has 1 N–H and O–H groups in total. The molecule has 0 radical (unpaired) electrons. The summed E-state index contributed by atoms with van der Waals surface area (Å²) in [5.41, 5.74) is 4.94. The topological polar surface area (TPSA) is 40.5 Å². The highest BCUT2D eigenvalue weighted by atomic mass is 32.1. The van der Waals surface area contributed by atoms with E-state index in [2.05, 4.69) is 48.2 Å². The van der Waals surface area contributed by atoms with E-state index in [9.17, 15) is 9.90 Å². The van der Waals surface area contributed by atoms with E-state index >= 15 is 0 Å². The van der Waals surface area contributed by atoms with Gasteiger partial charge in [0.15, 0.2) is 5.78 Å². The lowest BCUT2D eigenvalue weighted by atomic mass is 9.96. The molecule has 3 nitrogen and oxygen atoms in total. The van der Waals surface area contributed by atoms with Crippen LogP contribution in [0.1, 0.15) is 52.7 Å². The fourth-order valence-electron chi connectivity index (χ4n) is 4.88. The van der Waals surface area contributed by atoms with Crippen molar-refractivity contribution >= 4 is 27.2 Å². The van der Waals surface area contributed by atoms with Crippen molar-refractivity contribution in [2.75, 3.05) is 19.6 Å². The Hall–Kier alpha value is -2.95. The van der Waals surface area contributed by atoms with Gasteiger partial charge in [0.05, 0.1) is 0 Å². The third-order valence-electron chi connectivity index (χ3n) is 6.82. The lowest BCUT2D eigenvalue weighted by Gasteiger charge is -2.26.